The van der Waals surface area contributed by atoms with Gasteiger partial charge in [-0.1, -0.05) is 25.5 Å². The third kappa shape index (κ3) is 3.79. The van der Waals surface area contributed by atoms with E-state index in [1.807, 2.05) is 12.1 Å². The molecule has 77 valence electrons. The van der Waals surface area contributed by atoms with Gasteiger partial charge >= 0.3 is 0 Å². The van der Waals surface area contributed by atoms with Crippen molar-refractivity contribution in [1.29, 1.82) is 0 Å². The van der Waals surface area contributed by atoms with Crippen molar-refractivity contribution in [2.24, 2.45) is 0 Å². The van der Waals surface area contributed by atoms with Crippen LogP contribution in [0.5, 0.6) is 5.75 Å². The van der Waals surface area contributed by atoms with Crippen molar-refractivity contribution in [3.8, 4) is 5.75 Å². The van der Waals surface area contributed by atoms with Crippen molar-refractivity contribution >= 4 is 0 Å². The van der Waals surface area contributed by atoms with Crippen LogP contribution in [0.15, 0.2) is 18.2 Å². The summed E-state index contributed by atoms with van der Waals surface area (Å²) in [6, 6.07) is 9.02. The zero-order chi connectivity index (χ0) is 10.2. The maximum atomic E-state index is 5.30. The van der Waals surface area contributed by atoms with E-state index in [1.165, 1.54) is 18.4 Å². The molecule has 0 saturated carbocycles. The van der Waals surface area contributed by atoms with Gasteiger partial charge in [0.2, 0.25) is 0 Å². The fourth-order valence-electron chi connectivity index (χ4n) is 1.23. The van der Waals surface area contributed by atoms with Crippen LogP contribution in [0.2, 0.25) is 0 Å². The predicted octanol–water partition coefficient (Wildman–Crippen LogP) is 2.81. The van der Waals surface area contributed by atoms with E-state index in [2.05, 4.69) is 19.1 Å². The molecule has 1 rings (SSSR count). The van der Waals surface area contributed by atoms with Crippen LogP contribution in [0.25, 0.3) is 0 Å². The highest BCUT2D eigenvalue weighted by molar-refractivity contribution is 5.27. The van der Waals surface area contributed by atoms with Gasteiger partial charge in [0.1, 0.15) is 5.75 Å². The minimum absolute atomic E-state index is 0.285. The fourth-order valence-corrected chi connectivity index (χ4v) is 1.23. The third-order valence-electron chi connectivity index (χ3n) is 1.99. The van der Waals surface area contributed by atoms with Crippen LogP contribution in [-0.4, -0.2) is 13.9 Å². The number of rotatable bonds is 6. The molecule has 1 aromatic carbocycles. The molecule has 1 radical (unpaired) electrons. The molecule has 0 amide bonds. The average Bonchev–Trinajstić information content (AvgIpc) is 2.24. The molecule has 14 heavy (non-hydrogen) atoms. The Morgan fingerprint density at radius 3 is 3.00 bits per heavy atom. The van der Waals surface area contributed by atoms with E-state index in [1.54, 1.807) is 7.11 Å². The molecule has 0 N–H and O–H groups in total. The van der Waals surface area contributed by atoms with E-state index in [0.29, 0.717) is 0 Å². The summed E-state index contributed by atoms with van der Waals surface area (Å²) in [4.78, 5) is 0. The van der Waals surface area contributed by atoms with Gasteiger partial charge in [-0.25, -0.2) is 0 Å². The monoisotopic (exact) mass is 193 g/mol. The first-order valence-electron chi connectivity index (χ1n) is 4.99. The zero-order valence-corrected chi connectivity index (χ0v) is 8.88. The summed E-state index contributed by atoms with van der Waals surface area (Å²) in [7, 11) is 1.61. The molecule has 0 fully saturated rings. The Morgan fingerprint density at radius 2 is 2.29 bits per heavy atom. The van der Waals surface area contributed by atoms with Crippen molar-refractivity contribution in [2.75, 3.05) is 13.9 Å². The molecule has 0 aliphatic rings. The van der Waals surface area contributed by atoms with Crippen molar-refractivity contribution in [3.05, 3.63) is 29.8 Å². The minimum atomic E-state index is 0.285. The highest BCUT2D eigenvalue weighted by atomic mass is 16.7. The van der Waals surface area contributed by atoms with Crippen LogP contribution in [0.3, 0.4) is 0 Å². The van der Waals surface area contributed by atoms with Gasteiger partial charge in [0.15, 0.2) is 6.79 Å². The second-order valence-corrected chi connectivity index (χ2v) is 3.22. The van der Waals surface area contributed by atoms with E-state index in [-0.39, 0.29) is 6.79 Å². The fraction of sp³-hybridized carbons (Fsp3) is 0.500. The van der Waals surface area contributed by atoms with Crippen molar-refractivity contribution < 1.29 is 9.47 Å². The Bertz CT molecular complexity index is 235. The Morgan fingerprint density at radius 1 is 1.43 bits per heavy atom. The molecule has 2 heteroatoms. The van der Waals surface area contributed by atoms with E-state index in [4.69, 9.17) is 9.47 Å². The molecule has 0 heterocycles. The van der Waals surface area contributed by atoms with Gasteiger partial charge in [-0.15, -0.1) is 0 Å². The lowest BCUT2D eigenvalue weighted by atomic mass is 10.1. The van der Waals surface area contributed by atoms with Crippen molar-refractivity contribution in [2.45, 2.75) is 26.2 Å². The molecular formula is C12H17O2. The topological polar surface area (TPSA) is 18.5 Å². The standard InChI is InChI=1S/C12H17O2/c1-3-4-6-11-7-5-8-12(9-11)14-10-13-2/h5,7,9H,3-4,6,10H2,1-2H3. The molecule has 2 nitrogen and oxygen atoms in total. The predicted molar refractivity (Wildman–Crippen MR) is 56.4 cm³/mol. The summed E-state index contributed by atoms with van der Waals surface area (Å²) in [6.45, 7) is 2.48. The minimum Gasteiger partial charge on any atom is -0.467 e. The molecule has 0 aromatic heterocycles. The maximum Gasteiger partial charge on any atom is 0.188 e. The summed E-state index contributed by atoms with van der Waals surface area (Å²) < 4.78 is 10.1. The quantitative estimate of drug-likeness (QED) is 0.647. The first-order valence-corrected chi connectivity index (χ1v) is 4.99. The Labute approximate surface area is 85.8 Å². The van der Waals surface area contributed by atoms with E-state index in [0.717, 1.165) is 12.2 Å². The molecule has 0 aliphatic heterocycles. The number of aryl methyl sites for hydroxylation is 1. The van der Waals surface area contributed by atoms with Crippen molar-refractivity contribution in [3.63, 3.8) is 0 Å². The zero-order valence-electron chi connectivity index (χ0n) is 8.88. The van der Waals surface area contributed by atoms with E-state index in [9.17, 15) is 0 Å². The van der Waals surface area contributed by atoms with Gasteiger partial charge in [0.05, 0.1) is 0 Å². The molecule has 1 aromatic rings. The van der Waals surface area contributed by atoms with Crippen LogP contribution in [0.4, 0.5) is 0 Å². The average molecular weight is 193 g/mol. The lowest BCUT2D eigenvalue weighted by Crippen LogP contribution is -1.99. The Balaban J connectivity index is 2.50. The highest BCUT2D eigenvalue weighted by Crippen LogP contribution is 2.14. The molecule has 0 bridgehead atoms. The SMILES string of the molecule is CCCCc1cc[c]c(OCOC)c1. The molecule has 0 unspecified atom stereocenters. The largest absolute Gasteiger partial charge is 0.467 e. The molecule has 0 atom stereocenters. The van der Waals surface area contributed by atoms with Gasteiger partial charge in [0.25, 0.3) is 0 Å². The Kier molecular flexibility index (Phi) is 5.08. The molecule has 0 aliphatic carbocycles. The maximum absolute atomic E-state index is 5.30. The van der Waals surface area contributed by atoms with Gasteiger partial charge in [0, 0.05) is 13.2 Å². The van der Waals surface area contributed by atoms with Gasteiger partial charge in [-0.05, 0) is 24.5 Å². The van der Waals surface area contributed by atoms with Gasteiger partial charge < -0.3 is 9.47 Å². The number of ether oxygens (including phenoxy) is 2. The smallest absolute Gasteiger partial charge is 0.188 e. The number of unbranched alkanes of at least 4 members (excludes halogenated alkanes) is 1. The van der Waals surface area contributed by atoms with Crippen LogP contribution in [-0.2, 0) is 11.2 Å². The van der Waals surface area contributed by atoms with Crippen LogP contribution >= 0.6 is 0 Å². The molecule has 0 saturated heterocycles. The number of hydrogen-bond donors (Lipinski definition) is 0. The summed E-state index contributed by atoms with van der Waals surface area (Å²) in [6.07, 6.45) is 3.54. The van der Waals surface area contributed by atoms with Gasteiger partial charge in [-0.3, -0.25) is 0 Å². The summed E-state index contributed by atoms with van der Waals surface area (Å²) in [5.74, 6) is 0.764. The van der Waals surface area contributed by atoms with Crippen LogP contribution < -0.4 is 4.74 Å². The second kappa shape index (κ2) is 6.44. The molecule has 0 spiro atoms. The summed E-state index contributed by atoms with van der Waals surface area (Å²) >= 11 is 0. The summed E-state index contributed by atoms with van der Waals surface area (Å²) in [5, 5.41) is 0. The summed E-state index contributed by atoms with van der Waals surface area (Å²) in [5.41, 5.74) is 1.30. The van der Waals surface area contributed by atoms with E-state index < -0.39 is 0 Å². The highest BCUT2D eigenvalue weighted by Gasteiger charge is 1.96. The van der Waals surface area contributed by atoms with E-state index >= 15 is 0 Å². The number of benzene rings is 1. The number of methoxy groups -OCH3 is 1. The first kappa shape index (κ1) is 11.1. The van der Waals surface area contributed by atoms with Crippen molar-refractivity contribution in [1.82, 2.24) is 0 Å². The van der Waals surface area contributed by atoms with Crippen LogP contribution in [0, 0.1) is 6.07 Å². The van der Waals surface area contributed by atoms with Crippen LogP contribution in [0.1, 0.15) is 25.3 Å². The normalized spacial score (nSPS) is 10.1. The lowest BCUT2D eigenvalue weighted by molar-refractivity contribution is 0.0509. The second-order valence-electron chi connectivity index (χ2n) is 3.22. The third-order valence-corrected chi connectivity index (χ3v) is 1.99. The lowest BCUT2D eigenvalue weighted by Gasteiger charge is -2.05. The Hall–Kier alpha value is -1.02. The number of hydrogen-bond acceptors (Lipinski definition) is 2. The molecular weight excluding hydrogens is 176 g/mol. The first-order chi connectivity index (χ1) is 6.86. The van der Waals surface area contributed by atoms with Gasteiger partial charge in [-0.2, -0.15) is 0 Å².